The fraction of sp³-hybridized carbons (Fsp3) is 0.462. The minimum Gasteiger partial charge on any atom is -0.493 e. The smallest absolute Gasteiger partial charge is 0.191 e. The van der Waals surface area contributed by atoms with E-state index in [0.717, 1.165) is 67.8 Å². The molecule has 0 spiro atoms. The number of guanidine groups is 1. The van der Waals surface area contributed by atoms with Crippen LogP contribution in [0.5, 0.6) is 5.75 Å². The van der Waals surface area contributed by atoms with Gasteiger partial charge in [-0.2, -0.15) is 0 Å². The van der Waals surface area contributed by atoms with E-state index >= 15 is 0 Å². The molecule has 1 fully saturated rings. The third-order valence-electron chi connectivity index (χ3n) is 6.09. The Labute approximate surface area is 196 Å². The van der Waals surface area contributed by atoms with Gasteiger partial charge < -0.3 is 24.7 Å². The molecule has 2 aromatic carbocycles. The van der Waals surface area contributed by atoms with Gasteiger partial charge in [-0.1, -0.05) is 24.3 Å². The van der Waals surface area contributed by atoms with Crippen molar-refractivity contribution in [2.75, 3.05) is 33.4 Å². The summed E-state index contributed by atoms with van der Waals surface area (Å²) in [5.74, 6) is 3.26. The van der Waals surface area contributed by atoms with Crippen molar-refractivity contribution < 1.29 is 9.47 Å². The Bertz CT molecular complexity index is 1090. The SMILES string of the molecule is CN=C(NCCCn1c(C)nc2ccccc21)NCc1ccc(C)cc1OCC1CCOC1. The summed E-state index contributed by atoms with van der Waals surface area (Å²) in [6.45, 7) is 8.89. The molecule has 0 saturated carbocycles. The summed E-state index contributed by atoms with van der Waals surface area (Å²) < 4.78 is 13.9. The van der Waals surface area contributed by atoms with Gasteiger partial charge in [0.1, 0.15) is 11.6 Å². The number of imidazole rings is 1. The first kappa shape index (κ1) is 23.1. The van der Waals surface area contributed by atoms with E-state index in [1.807, 2.05) is 6.07 Å². The minimum absolute atomic E-state index is 0.483. The average molecular weight is 450 g/mol. The molecule has 0 radical (unpaired) electrons. The van der Waals surface area contributed by atoms with Crippen molar-refractivity contribution in [1.29, 1.82) is 0 Å². The molecule has 0 bridgehead atoms. The van der Waals surface area contributed by atoms with Crippen LogP contribution in [0.25, 0.3) is 11.0 Å². The van der Waals surface area contributed by atoms with E-state index in [9.17, 15) is 0 Å². The zero-order chi connectivity index (χ0) is 23.0. The van der Waals surface area contributed by atoms with Gasteiger partial charge in [-0.25, -0.2) is 4.98 Å². The molecule has 3 aromatic rings. The van der Waals surface area contributed by atoms with Gasteiger partial charge >= 0.3 is 0 Å². The zero-order valence-corrected chi connectivity index (χ0v) is 19.9. The molecule has 1 aliphatic heterocycles. The summed E-state index contributed by atoms with van der Waals surface area (Å²) in [6, 6.07) is 14.6. The van der Waals surface area contributed by atoms with Gasteiger partial charge in [0.05, 0.1) is 24.2 Å². The van der Waals surface area contributed by atoms with Crippen LogP contribution < -0.4 is 15.4 Å². The predicted molar refractivity (Wildman–Crippen MR) is 133 cm³/mol. The van der Waals surface area contributed by atoms with Gasteiger partial charge in [-0.05, 0) is 50.5 Å². The number of aryl methyl sites for hydroxylation is 3. The van der Waals surface area contributed by atoms with Crippen LogP contribution >= 0.6 is 0 Å². The second-order valence-electron chi connectivity index (χ2n) is 8.66. The lowest BCUT2D eigenvalue weighted by Crippen LogP contribution is -2.37. The van der Waals surface area contributed by atoms with Crippen LogP contribution in [0.1, 0.15) is 29.8 Å². The molecule has 7 nitrogen and oxygen atoms in total. The van der Waals surface area contributed by atoms with Gasteiger partial charge in [-0.15, -0.1) is 0 Å². The largest absolute Gasteiger partial charge is 0.493 e. The molecule has 1 aromatic heterocycles. The Balaban J connectivity index is 1.26. The maximum Gasteiger partial charge on any atom is 0.191 e. The van der Waals surface area contributed by atoms with E-state index in [2.05, 4.69) is 75.4 Å². The lowest BCUT2D eigenvalue weighted by molar-refractivity contribution is 0.166. The van der Waals surface area contributed by atoms with E-state index in [0.29, 0.717) is 19.1 Å². The highest BCUT2D eigenvalue weighted by molar-refractivity contribution is 5.79. The van der Waals surface area contributed by atoms with Crippen molar-refractivity contribution in [1.82, 2.24) is 20.2 Å². The van der Waals surface area contributed by atoms with Crippen molar-refractivity contribution in [2.24, 2.45) is 10.9 Å². The van der Waals surface area contributed by atoms with E-state index in [1.165, 1.54) is 11.1 Å². The Morgan fingerprint density at radius 1 is 1.21 bits per heavy atom. The maximum absolute atomic E-state index is 6.17. The molecule has 7 heteroatoms. The van der Waals surface area contributed by atoms with Gasteiger partial charge in [0.15, 0.2) is 5.96 Å². The quantitative estimate of drug-likeness (QED) is 0.295. The summed E-state index contributed by atoms with van der Waals surface area (Å²) in [5.41, 5.74) is 4.56. The summed E-state index contributed by atoms with van der Waals surface area (Å²) in [5, 5.41) is 6.85. The topological polar surface area (TPSA) is 72.7 Å². The number of rotatable bonds is 9. The second kappa shape index (κ2) is 11.2. The van der Waals surface area contributed by atoms with E-state index in [1.54, 1.807) is 7.05 Å². The second-order valence-corrected chi connectivity index (χ2v) is 8.66. The molecular weight excluding hydrogens is 414 g/mol. The number of para-hydroxylation sites is 2. The highest BCUT2D eigenvalue weighted by Gasteiger charge is 2.17. The summed E-state index contributed by atoms with van der Waals surface area (Å²) >= 11 is 0. The van der Waals surface area contributed by atoms with Gasteiger partial charge in [0.25, 0.3) is 0 Å². The zero-order valence-electron chi connectivity index (χ0n) is 19.9. The molecule has 1 unspecified atom stereocenters. The first-order valence-corrected chi connectivity index (χ1v) is 11.8. The number of nitrogens with one attached hydrogen (secondary N) is 2. The lowest BCUT2D eigenvalue weighted by atomic mass is 10.1. The van der Waals surface area contributed by atoms with Crippen molar-refractivity contribution >= 4 is 17.0 Å². The molecule has 1 atom stereocenters. The fourth-order valence-electron chi connectivity index (χ4n) is 4.19. The Hall–Kier alpha value is -3.06. The first-order chi connectivity index (χ1) is 16.1. The number of fused-ring (bicyclic) bond motifs is 1. The van der Waals surface area contributed by atoms with Gasteiger partial charge in [0.2, 0.25) is 0 Å². The van der Waals surface area contributed by atoms with Crippen LogP contribution in [-0.2, 0) is 17.8 Å². The molecule has 1 aliphatic rings. The molecule has 176 valence electrons. The maximum atomic E-state index is 6.17. The van der Waals surface area contributed by atoms with Gasteiger partial charge in [0, 0.05) is 44.8 Å². The highest BCUT2D eigenvalue weighted by Crippen LogP contribution is 2.22. The third kappa shape index (κ3) is 6.05. The average Bonchev–Trinajstić information content (AvgIpc) is 3.45. The van der Waals surface area contributed by atoms with Crippen LogP contribution in [0, 0.1) is 19.8 Å². The number of nitrogens with zero attached hydrogens (tertiary/aromatic N) is 3. The lowest BCUT2D eigenvalue weighted by Gasteiger charge is -2.17. The molecule has 2 heterocycles. The van der Waals surface area contributed by atoms with Crippen LogP contribution in [-0.4, -0.2) is 48.9 Å². The fourth-order valence-corrected chi connectivity index (χ4v) is 4.19. The van der Waals surface area contributed by atoms with Crippen molar-refractivity contribution in [3.8, 4) is 5.75 Å². The Morgan fingerprint density at radius 2 is 2.09 bits per heavy atom. The molecule has 4 rings (SSSR count). The number of benzene rings is 2. The number of ether oxygens (including phenoxy) is 2. The number of aliphatic imine (C=N–C) groups is 1. The monoisotopic (exact) mass is 449 g/mol. The molecule has 1 saturated heterocycles. The number of hydrogen-bond acceptors (Lipinski definition) is 4. The van der Waals surface area contributed by atoms with Crippen LogP contribution in [0.4, 0.5) is 0 Å². The van der Waals surface area contributed by atoms with Crippen molar-refractivity contribution in [3.63, 3.8) is 0 Å². The van der Waals surface area contributed by atoms with Crippen molar-refractivity contribution in [3.05, 3.63) is 59.4 Å². The van der Waals surface area contributed by atoms with E-state index in [-0.39, 0.29) is 0 Å². The Morgan fingerprint density at radius 3 is 2.91 bits per heavy atom. The van der Waals surface area contributed by atoms with Crippen LogP contribution in [0.15, 0.2) is 47.5 Å². The van der Waals surface area contributed by atoms with Gasteiger partial charge in [-0.3, -0.25) is 4.99 Å². The predicted octanol–water partition coefficient (Wildman–Crippen LogP) is 3.82. The molecule has 0 aliphatic carbocycles. The van der Waals surface area contributed by atoms with E-state index < -0.39 is 0 Å². The summed E-state index contributed by atoms with van der Waals surface area (Å²) in [7, 11) is 1.80. The summed E-state index contributed by atoms with van der Waals surface area (Å²) in [6.07, 6.45) is 2.05. The minimum atomic E-state index is 0.483. The number of hydrogen-bond donors (Lipinski definition) is 2. The molecule has 0 amide bonds. The number of aromatic nitrogens is 2. The molecule has 2 N–H and O–H groups in total. The standard InChI is InChI=1S/C26H35N5O2/c1-19-9-10-22(25(15-19)33-18-21-11-14-32-17-21)16-29-26(27-3)28-12-6-13-31-20(2)30-23-7-4-5-8-24(23)31/h4-5,7-10,15,21H,6,11-14,16-18H2,1-3H3,(H2,27,28,29). The van der Waals surface area contributed by atoms with Crippen LogP contribution in [0.2, 0.25) is 0 Å². The Kier molecular flexibility index (Phi) is 7.83. The molecular formula is C26H35N5O2. The summed E-state index contributed by atoms with van der Waals surface area (Å²) in [4.78, 5) is 9.03. The van der Waals surface area contributed by atoms with E-state index in [4.69, 9.17) is 9.47 Å². The molecule has 33 heavy (non-hydrogen) atoms. The third-order valence-corrected chi connectivity index (χ3v) is 6.09. The first-order valence-electron chi connectivity index (χ1n) is 11.8. The van der Waals surface area contributed by atoms with Crippen LogP contribution in [0.3, 0.4) is 0 Å². The van der Waals surface area contributed by atoms with Crippen molar-refractivity contribution in [2.45, 2.75) is 39.8 Å². The normalized spacial score (nSPS) is 16.3. The highest BCUT2D eigenvalue weighted by atomic mass is 16.5.